The third-order valence-corrected chi connectivity index (χ3v) is 4.57. The second-order valence-corrected chi connectivity index (χ2v) is 7.37. The van der Waals surface area contributed by atoms with Crippen LogP contribution in [0, 0.1) is 0 Å². The number of carbonyl (C=O) groups is 1. The summed E-state index contributed by atoms with van der Waals surface area (Å²) in [4.78, 5) is 12.1. The molecule has 1 atom stereocenters. The molecule has 0 bridgehead atoms. The van der Waals surface area contributed by atoms with Crippen LogP contribution in [-0.2, 0) is 6.42 Å². The SMILES string of the molecule is CC(CCc1ccc(OC(C)C)cc1)NC(=O)NC1CCC(O)CC1. The highest BCUT2D eigenvalue weighted by molar-refractivity contribution is 5.74. The number of aryl methyl sites for hydroxylation is 1. The Hall–Kier alpha value is -1.75. The molecule has 1 aromatic rings. The van der Waals surface area contributed by atoms with E-state index in [1.165, 1.54) is 5.56 Å². The Morgan fingerprint density at radius 1 is 1.16 bits per heavy atom. The first-order chi connectivity index (χ1) is 11.9. The van der Waals surface area contributed by atoms with Crippen LogP contribution in [0.3, 0.4) is 0 Å². The van der Waals surface area contributed by atoms with Gasteiger partial charge in [0.25, 0.3) is 0 Å². The lowest BCUT2D eigenvalue weighted by atomic mass is 9.93. The molecular formula is C20H32N2O3. The van der Waals surface area contributed by atoms with Crippen molar-refractivity contribution in [3.63, 3.8) is 0 Å². The van der Waals surface area contributed by atoms with Crippen molar-refractivity contribution in [2.24, 2.45) is 0 Å². The zero-order chi connectivity index (χ0) is 18.2. The van der Waals surface area contributed by atoms with Gasteiger partial charge in [-0.1, -0.05) is 12.1 Å². The zero-order valence-corrected chi connectivity index (χ0v) is 15.6. The van der Waals surface area contributed by atoms with Crippen LogP contribution in [-0.4, -0.2) is 35.4 Å². The number of aliphatic hydroxyl groups is 1. The Balaban J connectivity index is 1.67. The molecule has 25 heavy (non-hydrogen) atoms. The molecule has 2 amide bonds. The maximum absolute atomic E-state index is 12.1. The van der Waals surface area contributed by atoms with Crippen LogP contribution in [0.15, 0.2) is 24.3 Å². The summed E-state index contributed by atoms with van der Waals surface area (Å²) in [6, 6.07) is 8.35. The lowest BCUT2D eigenvalue weighted by molar-refractivity contribution is 0.117. The summed E-state index contributed by atoms with van der Waals surface area (Å²) in [6.45, 7) is 6.06. The molecule has 0 saturated heterocycles. The van der Waals surface area contributed by atoms with Gasteiger partial charge in [-0.15, -0.1) is 0 Å². The molecule has 0 aromatic heterocycles. The van der Waals surface area contributed by atoms with Gasteiger partial charge in [0.2, 0.25) is 0 Å². The van der Waals surface area contributed by atoms with Crippen molar-refractivity contribution in [3.05, 3.63) is 29.8 Å². The Kier molecular flexibility index (Phi) is 7.56. The van der Waals surface area contributed by atoms with Crippen LogP contribution in [0.1, 0.15) is 58.4 Å². The highest BCUT2D eigenvalue weighted by Gasteiger charge is 2.21. The third-order valence-electron chi connectivity index (χ3n) is 4.57. The van der Waals surface area contributed by atoms with Crippen molar-refractivity contribution in [1.82, 2.24) is 10.6 Å². The molecule has 1 saturated carbocycles. The predicted octanol–water partition coefficient (Wildman–Crippen LogP) is 3.40. The van der Waals surface area contributed by atoms with Gasteiger partial charge in [0.05, 0.1) is 12.2 Å². The summed E-state index contributed by atoms with van der Waals surface area (Å²) in [5, 5.41) is 15.5. The number of benzene rings is 1. The molecule has 1 unspecified atom stereocenters. The van der Waals surface area contributed by atoms with Crippen molar-refractivity contribution in [1.29, 1.82) is 0 Å². The fraction of sp³-hybridized carbons (Fsp3) is 0.650. The van der Waals surface area contributed by atoms with E-state index in [4.69, 9.17) is 4.74 Å². The van der Waals surface area contributed by atoms with Gasteiger partial charge in [-0.2, -0.15) is 0 Å². The number of nitrogens with one attached hydrogen (secondary N) is 2. The van der Waals surface area contributed by atoms with E-state index in [0.717, 1.165) is 44.3 Å². The molecule has 0 aliphatic heterocycles. The van der Waals surface area contributed by atoms with Gasteiger partial charge in [-0.25, -0.2) is 4.79 Å². The molecule has 1 aliphatic rings. The molecule has 1 fully saturated rings. The minimum atomic E-state index is -0.197. The summed E-state index contributed by atoms with van der Waals surface area (Å²) in [5.74, 6) is 0.891. The van der Waals surface area contributed by atoms with E-state index in [0.29, 0.717) is 0 Å². The van der Waals surface area contributed by atoms with Gasteiger partial charge in [0, 0.05) is 12.1 Å². The first kappa shape index (κ1) is 19.6. The maximum Gasteiger partial charge on any atom is 0.315 e. The number of amides is 2. The van der Waals surface area contributed by atoms with E-state index in [1.807, 2.05) is 32.9 Å². The van der Waals surface area contributed by atoms with Crippen molar-refractivity contribution in [2.45, 2.75) is 83.6 Å². The summed E-state index contributed by atoms with van der Waals surface area (Å²) in [5.41, 5.74) is 1.24. The molecule has 0 heterocycles. The Morgan fingerprint density at radius 2 is 1.80 bits per heavy atom. The van der Waals surface area contributed by atoms with Crippen molar-refractivity contribution in [2.75, 3.05) is 0 Å². The molecular weight excluding hydrogens is 316 g/mol. The number of carbonyl (C=O) groups excluding carboxylic acids is 1. The van der Waals surface area contributed by atoms with Crippen LogP contribution in [0.25, 0.3) is 0 Å². The number of hydrogen-bond acceptors (Lipinski definition) is 3. The van der Waals surface area contributed by atoms with Gasteiger partial charge in [0.1, 0.15) is 5.75 Å². The van der Waals surface area contributed by atoms with Crippen molar-refractivity contribution in [3.8, 4) is 5.75 Å². The van der Waals surface area contributed by atoms with E-state index < -0.39 is 0 Å². The lowest BCUT2D eigenvalue weighted by Crippen LogP contribution is -2.46. The van der Waals surface area contributed by atoms with E-state index in [2.05, 4.69) is 22.8 Å². The average Bonchev–Trinajstić information content (AvgIpc) is 2.56. The summed E-state index contributed by atoms with van der Waals surface area (Å²) >= 11 is 0. The summed E-state index contributed by atoms with van der Waals surface area (Å²) in [6.07, 6.45) is 5.05. The minimum Gasteiger partial charge on any atom is -0.491 e. The number of ether oxygens (including phenoxy) is 1. The molecule has 0 spiro atoms. The molecule has 5 heteroatoms. The van der Waals surface area contributed by atoms with Crippen molar-refractivity contribution >= 4 is 6.03 Å². The largest absolute Gasteiger partial charge is 0.491 e. The molecule has 1 aromatic carbocycles. The van der Waals surface area contributed by atoms with Gasteiger partial charge < -0.3 is 20.5 Å². The standard InChI is InChI=1S/C20H32N2O3/c1-14(2)25-19-12-6-16(7-13-19)5-4-15(3)21-20(24)22-17-8-10-18(23)11-9-17/h6-7,12-15,17-18,23H,4-5,8-11H2,1-3H3,(H2,21,22,24). The van der Waals surface area contributed by atoms with Crippen molar-refractivity contribution < 1.29 is 14.6 Å². The number of hydrogen-bond donors (Lipinski definition) is 3. The normalized spacial score (nSPS) is 21.6. The van der Waals surface area contributed by atoms with Gasteiger partial charge in [-0.3, -0.25) is 0 Å². The molecule has 2 rings (SSSR count). The first-order valence-electron chi connectivity index (χ1n) is 9.43. The second kappa shape index (κ2) is 9.66. The Labute approximate surface area is 151 Å². The van der Waals surface area contributed by atoms with Gasteiger partial charge >= 0.3 is 6.03 Å². The van der Waals surface area contributed by atoms with E-state index >= 15 is 0 Å². The van der Waals surface area contributed by atoms with Crippen LogP contribution < -0.4 is 15.4 Å². The topological polar surface area (TPSA) is 70.6 Å². The molecule has 140 valence electrons. The van der Waals surface area contributed by atoms with Crippen LogP contribution in [0.4, 0.5) is 4.79 Å². The molecule has 1 aliphatic carbocycles. The Bertz CT molecular complexity index is 522. The highest BCUT2D eigenvalue weighted by atomic mass is 16.5. The smallest absolute Gasteiger partial charge is 0.315 e. The third kappa shape index (κ3) is 7.34. The number of aliphatic hydroxyl groups excluding tert-OH is 1. The highest BCUT2D eigenvalue weighted by Crippen LogP contribution is 2.18. The summed E-state index contributed by atoms with van der Waals surface area (Å²) < 4.78 is 5.65. The second-order valence-electron chi connectivity index (χ2n) is 7.37. The Morgan fingerprint density at radius 3 is 2.40 bits per heavy atom. The van der Waals surface area contributed by atoms with Crippen LogP contribution in [0.5, 0.6) is 5.75 Å². The fourth-order valence-corrected chi connectivity index (χ4v) is 3.13. The minimum absolute atomic E-state index is 0.102. The maximum atomic E-state index is 12.1. The predicted molar refractivity (Wildman–Crippen MR) is 99.9 cm³/mol. The lowest BCUT2D eigenvalue weighted by Gasteiger charge is -2.27. The number of urea groups is 1. The monoisotopic (exact) mass is 348 g/mol. The van der Waals surface area contributed by atoms with E-state index in [-0.39, 0.29) is 30.3 Å². The molecule has 3 N–H and O–H groups in total. The van der Waals surface area contributed by atoms with Gasteiger partial charge in [0.15, 0.2) is 0 Å². The van der Waals surface area contributed by atoms with E-state index in [9.17, 15) is 9.90 Å². The number of rotatable bonds is 7. The van der Waals surface area contributed by atoms with E-state index in [1.54, 1.807) is 0 Å². The van der Waals surface area contributed by atoms with Gasteiger partial charge in [-0.05, 0) is 77.0 Å². The van der Waals surface area contributed by atoms with Crippen LogP contribution in [0.2, 0.25) is 0 Å². The first-order valence-corrected chi connectivity index (χ1v) is 9.43. The molecule has 5 nitrogen and oxygen atoms in total. The van der Waals surface area contributed by atoms with Crippen LogP contribution >= 0.6 is 0 Å². The fourth-order valence-electron chi connectivity index (χ4n) is 3.13. The summed E-state index contributed by atoms with van der Waals surface area (Å²) in [7, 11) is 0. The quantitative estimate of drug-likeness (QED) is 0.707. The molecule has 0 radical (unpaired) electrons. The average molecular weight is 348 g/mol. The zero-order valence-electron chi connectivity index (χ0n) is 15.6.